The summed E-state index contributed by atoms with van der Waals surface area (Å²) in [5.41, 5.74) is -5.54. The van der Waals surface area contributed by atoms with Crippen LogP contribution in [0.4, 0.5) is 0 Å². The molecule has 12 rings (SSSR count). The number of carbonyl (C=O) groups excluding carboxylic acids is 2. The Bertz CT molecular complexity index is 3440. The molecule has 6 heterocycles. The summed E-state index contributed by atoms with van der Waals surface area (Å²) in [7, 11) is 1.47. The number of methoxy groups -OCH3 is 1. The smallest absolute Gasteiger partial charge is 0.331 e. The SMILES string of the molecule is COc1ccc(/C=C/C(=O)O[C@@H]2[C@H](O[C@@H]3O[C@H](CO)[C@@H](O)[C@H](O)[C@H]3O)[C@@H](O[C@@H]3O[C@@H](C)[C@H](O[C@@H]4OC[C@@H](O[C@@H]5O[C@H](CO)[C@H](O)[C@H](O)[C@H]5O)[C@H](O)[C@H]4O)[C@@H](O)[C@H]3O)[C@H](OC(=O)[C@]34CCC(C)(C)C[C@H]3C3=CC[C@@H]5[C@@]6(C)C[C@H](O)[C@H](O[C@@H]7O[C@H](CO)[C@@H](O)[C@H](O)[C@H]7O)[C@@](C)(C(=O)O)[C@@H]6CC[C@@]5(C)[C@]3(CO)CC4)O[C@@H]2C)cc1. The number of carboxylic acids is 1. The summed E-state index contributed by atoms with van der Waals surface area (Å²) in [6.45, 7) is 8.77. The van der Waals surface area contributed by atoms with Gasteiger partial charge >= 0.3 is 17.9 Å². The van der Waals surface area contributed by atoms with Gasteiger partial charge in [-0.25, -0.2) is 4.79 Å². The first-order valence-electron chi connectivity index (χ1n) is 38.1. The number of hydrogen-bond acceptors (Lipinski definition) is 35. The van der Waals surface area contributed by atoms with Crippen LogP contribution in [-0.4, -0.2) is 345 Å². The Kier molecular flexibility index (Phi) is 25.8. The summed E-state index contributed by atoms with van der Waals surface area (Å²) in [5, 5.41) is 211. The van der Waals surface area contributed by atoms with Crippen LogP contribution in [0.25, 0.3) is 6.08 Å². The van der Waals surface area contributed by atoms with Gasteiger partial charge in [0.1, 0.15) is 128 Å². The minimum atomic E-state index is -2.22. The van der Waals surface area contributed by atoms with Crippen molar-refractivity contribution in [2.75, 3.05) is 40.1 Å². The summed E-state index contributed by atoms with van der Waals surface area (Å²) < 4.78 is 85.0. The van der Waals surface area contributed by atoms with E-state index < -0.39 is 292 Å². The fourth-order valence-electron chi connectivity index (χ4n) is 20.5. The molecular weight excluding hydrogens is 1480 g/mol. The standard InChI is InChI=1S/C75H112O36/c1-30-57(107-62-52(90)47(85)40(28-99-62)105-64-53(91)48(86)44(82)37(25-76)102-64)51(89)56(94)63(100-30)109-60-59(108-65-54(92)49(87)45(83)38(26-77)103-65)58(106-43(81)16-11-32-9-12-33(98-8)13-10-32)31(2)101-67(60)111-69(97)74-20-19-70(3,4)23-35(74)34-14-15-41-71(5)24-36(80)61(110-66-55(93)50(88)46(84)39(27-78)104-66)73(7,68(95)96)42(71)17-18-72(41,6)75(34,29-79)22-21-74/h9-14,16,30-31,35-42,44-67,76-80,82-94H,15,17-29H2,1-8H3,(H,95,96)/b16-11+/t30-,31+,35-,36-,37+,38+,39+,40+,41+,42+,44-,45+,46+,47-,48-,49-,50-,51-,52+,53+,54+,55+,56+,57-,58-,59-,60+,61-,62-,63-,64-,65-,66-,67-,71+,72+,73-,74-,75-/m0/s1. The van der Waals surface area contributed by atoms with E-state index in [0.717, 1.165) is 11.6 Å². The van der Waals surface area contributed by atoms with Crippen LogP contribution in [0.1, 0.15) is 112 Å². The molecule has 4 saturated carbocycles. The van der Waals surface area contributed by atoms with E-state index in [1.54, 1.807) is 24.3 Å². The number of aliphatic hydroxyl groups is 18. The van der Waals surface area contributed by atoms with Gasteiger partial charge in [-0.2, -0.15) is 0 Å². The number of carbonyl (C=O) groups is 3. The number of allylic oxidation sites excluding steroid dienone is 1. The highest BCUT2D eigenvalue weighted by Gasteiger charge is 2.74. The molecular formula is C75H112O36. The lowest BCUT2D eigenvalue weighted by Crippen LogP contribution is -2.71. The van der Waals surface area contributed by atoms with Crippen LogP contribution in [0, 0.1) is 50.2 Å². The summed E-state index contributed by atoms with van der Waals surface area (Å²) in [4.78, 5) is 44.7. The summed E-state index contributed by atoms with van der Waals surface area (Å²) in [6.07, 6.45) is -49.5. The molecule has 0 unspecified atom stereocenters. The highest BCUT2D eigenvalue weighted by Crippen LogP contribution is 2.76. The van der Waals surface area contributed by atoms with Crippen molar-refractivity contribution in [3.05, 3.63) is 47.6 Å². The van der Waals surface area contributed by atoms with E-state index in [2.05, 4.69) is 20.8 Å². The molecule has 0 bridgehead atoms. The minimum Gasteiger partial charge on any atom is -0.497 e. The van der Waals surface area contributed by atoms with Gasteiger partial charge in [-0.05, 0) is 136 Å². The number of fused-ring (bicyclic) bond motifs is 7. The van der Waals surface area contributed by atoms with Gasteiger partial charge in [0.2, 0.25) is 6.29 Å². The monoisotopic (exact) mass is 1590 g/mol. The molecule has 628 valence electrons. The Morgan fingerprint density at radius 3 is 1.60 bits per heavy atom. The first-order chi connectivity index (χ1) is 52.3. The molecule has 0 radical (unpaired) electrons. The van der Waals surface area contributed by atoms with E-state index >= 15 is 4.79 Å². The van der Waals surface area contributed by atoms with Crippen molar-refractivity contribution in [1.82, 2.24) is 0 Å². The average Bonchev–Trinajstić information content (AvgIpc) is 0.668. The van der Waals surface area contributed by atoms with E-state index in [0.29, 0.717) is 30.6 Å². The molecule has 39 atom stereocenters. The van der Waals surface area contributed by atoms with Gasteiger partial charge in [-0.3, -0.25) is 9.59 Å². The van der Waals surface area contributed by atoms with Crippen LogP contribution in [0.3, 0.4) is 0 Å². The van der Waals surface area contributed by atoms with E-state index in [1.807, 2.05) is 13.0 Å². The van der Waals surface area contributed by atoms with Gasteiger partial charge in [-0.1, -0.05) is 51.5 Å². The molecule has 19 N–H and O–H groups in total. The number of hydrogen-bond donors (Lipinski definition) is 19. The molecule has 10 fully saturated rings. The van der Waals surface area contributed by atoms with Crippen LogP contribution >= 0.6 is 0 Å². The summed E-state index contributed by atoms with van der Waals surface area (Å²) >= 11 is 0. The van der Waals surface area contributed by atoms with E-state index in [4.69, 9.17) is 66.3 Å². The molecule has 36 nitrogen and oxygen atoms in total. The van der Waals surface area contributed by atoms with Gasteiger partial charge in [-0.15, -0.1) is 0 Å². The quantitative estimate of drug-likeness (QED) is 0.0239. The molecule has 0 spiro atoms. The van der Waals surface area contributed by atoms with Crippen molar-refractivity contribution in [3.63, 3.8) is 0 Å². The lowest BCUT2D eigenvalue weighted by atomic mass is 9.33. The number of benzene rings is 1. The maximum Gasteiger partial charge on any atom is 0.331 e. The lowest BCUT2D eigenvalue weighted by molar-refractivity contribution is -0.393. The van der Waals surface area contributed by atoms with Crippen molar-refractivity contribution < 1.29 is 178 Å². The molecule has 6 saturated heterocycles. The second-order valence-electron chi connectivity index (χ2n) is 33.8. The Morgan fingerprint density at radius 2 is 1.04 bits per heavy atom. The number of aliphatic carboxylic acids is 1. The number of ether oxygens (including phenoxy) is 14. The van der Waals surface area contributed by atoms with E-state index in [1.165, 1.54) is 34.0 Å². The topological polar surface area (TPSA) is 565 Å². The third-order valence-corrected chi connectivity index (χ3v) is 27.0. The molecule has 111 heavy (non-hydrogen) atoms. The molecule has 1 aromatic carbocycles. The summed E-state index contributed by atoms with van der Waals surface area (Å²) in [5.74, 6) is -4.60. The van der Waals surface area contributed by atoms with Crippen LogP contribution in [-0.2, 0) is 76.0 Å². The van der Waals surface area contributed by atoms with Gasteiger partial charge in [0, 0.05) is 11.5 Å². The van der Waals surface area contributed by atoms with Crippen LogP contribution in [0.5, 0.6) is 5.75 Å². The van der Waals surface area contributed by atoms with Crippen molar-refractivity contribution in [2.45, 2.75) is 297 Å². The average molecular weight is 1590 g/mol. The van der Waals surface area contributed by atoms with Gasteiger partial charge in [0.15, 0.2) is 43.7 Å². The Morgan fingerprint density at radius 1 is 0.523 bits per heavy atom. The molecule has 1 aromatic rings. The predicted molar refractivity (Wildman–Crippen MR) is 370 cm³/mol. The third kappa shape index (κ3) is 15.3. The third-order valence-electron chi connectivity index (χ3n) is 27.0. The van der Waals surface area contributed by atoms with Gasteiger partial charge in [0.25, 0.3) is 0 Å². The van der Waals surface area contributed by atoms with Crippen molar-refractivity contribution in [1.29, 1.82) is 0 Å². The Balaban J connectivity index is 0.861. The zero-order chi connectivity index (χ0) is 80.8. The van der Waals surface area contributed by atoms with Crippen LogP contribution < -0.4 is 4.74 Å². The van der Waals surface area contributed by atoms with E-state index in [-0.39, 0.29) is 38.5 Å². The highest BCUT2D eigenvalue weighted by molar-refractivity contribution is 5.87. The molecule has 6 aliphatic heterocycles. The number of aliphatic hydroxyl groups excluding tert-OH is 18. The fourth-order valence-corrected chi connectivity index (χ4v) is 20.5. The maximum atomic E-state index is 16.4. The maximum absolute atomic E-state index is 16.4. The minimum absolute atomic E-state index is 0.0390. The molecule has 11 aliphatic rings. The zero-order valence-electron chi connectivity index (χ0n) is 63.0. The van der Waals surface area contributed by atoms with Crippen LogP contribution in [0.2, 0.25) is 0 Å². The van der Waals surface area contributed by atoms with Crippen molar-refractivity contribution in [2.24, 2.45) is 50.2 Å². The largest absolute Gasteiger partial charge is 0.497 e. The van der Waals surface area contributed by atoms with Crippen LogP contribution in [0.15, 0.2) is 42.0 Å². The van der Waals surface area contributed by atoms with Gasteiger partial charge in [0.05, 0.1) is 69.3 Å². The second kappa shape index (κ2) is 33.3. The fraction of sp³-hybridized carbons (Fsp3) is 0.827. The first kappa shape index (κ1) is 86.1. The normalized spacial score (nSPS) is 49.9. The number of carboxylic acid groups (broad SMARTS) is 1. The predicted octanol–water partition coefficient (Wildman–Crippen LogP) is -4.41. The van der Waals surface area contributed by atoms with Gasteiger partial charge < -0.3 is 163 Å². The number of esters is 2. The number of rotatable bonds is 21. The Labute approximate surface area is 639 Å². The molecule has 0 amide bonds. The lowest BCUT2D eigenvalue weighted by Gasteiger charge is -2.71. The molecule has 0 aromatic heterocycles. The molecule has 5 aliphatic carbocycles. The second-order valence-corrected chi connectivity index (χ2v) is 33.8. The first-order valence-corrected chi connectivity index (χ1v) is 38.1. The van der Waals surface area contributed by atoms with Crippen molar-refractivity contribution >= 4 is 24.0 Å². The summed E-state index contributed by atoms with van der Waals surface area (Å²) in [6, 6.07) is 6.57. The highest BCUT2D eigenvalue weighted by atomic mass is 16.8. The molecule has 36 heteroatoms. The Hall–Kier alpha value is -4.25. The van der Waals surface area contributed by atoms with Crippen molar-refractivity contribution in [3.8, 4) is 5.75 Å². The zero-order valence-corrected chi connectivity index (χ0v) is 63.0. The van der Waals surface area contributed by atoms with E-state index in [9.17, 15) is 107 Å².